The van der Waals surface area contributed by atoms with E-state index in [1.165, 1.54) is 6.92 Å². The maximum Gasteiger partial charge on any atom is 0.360 e. The molecule has 1 aliphatic carbocycles. The lowest BCUT2D eigenvalue weighted by atomic mass is 9.94. The predicted molar refractivity (Wildman–Crippen MR) is 130 cm³/mol. The number of benzene rings is 2. The molecule has 0 unspecified atom stereocenters. The van der Waals surface area contributed by atoms with Gasteiger partial charge in [0.2, 0.25) is 5.91 Å². The molecule has 6 nitrogen and oxygen atoms in total. The molecule has 0 radical (unpaired) electrons. The summed E-state index contributed by atoms with van der Waals surface area (Å²) in [7, 11) is 0. The van der Waals surface area contributed by atoms with Crippen LogP contribution >= 0.6 is 11.6 Å². The van der Waals surface area contributed by atoms with Gasteiger partial charge < -0.3 is 19.2 Å². The quantitative estimate of drug-likeness (QED) is 0.434. The van der Waals surface area contributed by atoms with Crippen molar-refractivity contribution in [1.29, 1.82) is 0 Å². The van der Waals surface area contributed by atoms with Crippen LogP contribution in [0.3, 0.4) is 0 Å². The van der Waals surface area contributed by atoms with Crippen LogP contribution in [0.2, 0.25) is 5.02 Å². The van der Waals surface area contributed by atoms with E-state index in [9.17, 15) is 9.59 Å². The first-order valence-electron chi connectivity index (χ1n) is 11.0. The average Bonchev–Trinajstić information content (AvgIpc) is 2.80. The first-order valence-corrected chi connectivity index (χ1v) is 11.3. The summed E-state index contributed by atoms with van der Waals surface area (Å²) in [5.74, 6) is 0.289. The van der Waals surface area contributed by atoms with E-state index >= 15 is 0 Å². The molecule has 2 aromatic carbocycles. The van der Waals surface area contributed by atoms with Gasteiger partial charge in [0.05, 0.1) is 24.4 Å². The number of hydrogen-bond acceptors (Lipinski definition) is 5. The Balaban J connectivity index is 1.40. The number of anilines is 1. The van der Waals surface area contributed by atoms with Gasteiger partial charge in [-0.2, -0.15) is 0 Å². The molecule has 1 aromatic heterocycles. The number of ether oxygens (including phenoxy) is 2. The SMILES string of the molecule is C=Cc1c(OC2CCC(OCc3ccc(Cl)cc3)CC2)ccc2cc(NC(C)=O)c(=O)oc12. The summed E-state index contributed by atoms with van der Waals surface area (Å²) < 4.78 is 17.8. The molecule has 0 spiro atoms. The molecule has 4 rings (SSSR count). The van der Waals surface area contributed by atoms with Gasteiger partial charge in [0.25, 0.3) is 0 Å². The maximum atomic E-state index is 12.3. The van der Waals surface area contributed by atoms with E-state index in [0.29, 0.717) is 28.9 Å². The van der Waals surface area contributed by atoms with Crippen molar-refractivity contribution >= 4 is 40.2 Å². The molecule has 0 atom stereocenters. The van der Waals surface area contributed by atoms with E-state index < -0.39 is 5.63 Å². The van der Waals surface area contributed by atoms with Gasteiger partial charge in [-0.15, -0.1) is 0 Å². The third-order valence-corrected chi connectivity index (χ3v) is 5.98. The molecule has 1 heterocycles. The number of fused-ring (bicyclic) bond motifs is 1. The van der Waals surface area contributed by atoms with E-state index in [1.807, 2.05) is 36.4 Å². The highest BCUT2D eigenvalue weighted by Gasteiger charge is 2.24. The van der Waals surface area contributed by atoms with E-state index in [1.54, 1.807) is 12.1 Å². The van der Waals surface area contributed by atoms with Crippen LogP contribution in [0.25, 0.3) is 17.0 Å². The van der Waals surface area contributed by atoms with Gasteiger partial charge in [-0.25, -0.2) is 4.79 Å². The zero-order chi connectivity index (χ0) is 23.4. The molecule has 1 N–H and O–H groups in total. The fraction of sp³-hybridized carbons (Fsp3) is 0.308. The fourth-order valence-electron chi connectivity index (χ4n) is 4.05. The van der Waals surface area contributed by atoms with E-state index in [2.05, 4.69) is 11.9 Å². The zero-order valence-electron chi connectivity index (χ0n) is 18.4. The molecule has 0 aliphatic heterocycles. The molecule has 3 aromatic rings. The van der Waals surface area contributed by atoms with Gasteiger partial charge >= 0.3 is 5.63 Å². The topological polar surface area (TPSA) is 77.8 Å². The molecule has 172 valence electrons. The minimum absolute atomic E-state index is 0.0434. The van der Waals surface area contributed by atoms with Crippen molar-refractivity contribution in [2.24, 2.45) is 0 Å². The molecule has 1 amide bonds. The molecule has 1 saturated carbocycles. The minimum Gasteiger partial charge on any atom is -0.490 e. The van der Waals surface area contributed by atoms with Crippen LogP contribution in [0, 0.1) is 0 Å². The lowest BCUT2D eigenvalue weighted by Crippen LogP contribution is -2.28. The van der Waals surface area contributed by atoms with Crippen LogP contribution in [-0.4, -0.2) is 18.1 Å². The Morgan fingerprint density at radius 1 is 1.15 bits per heavy atom. The monoisotopic (exact) mass is 467 g/mol. The summed E-state index contributed by atoms with van der Waals surface area (Å²) in [5.41, 5.74) is 1.61. The van der Waals surface area contributed by atoms with E-state index in [0.717, 1.165) is 36.3 Å². The minimum atomic E-state index is -0.615. The Morgan fingerprint density at radius 3 is 2.52 bits per heavy atom. The van der Waals surface area contributed by atoms with Gasteiger partial charge in [0.15, 0.2) is 0 Å². The predicted octanol–water partition coefficient (Wildman–Crippen LogP) is 5.95. The number of rotatable bonds is 7. The smallest absolute Gasteiger partial charge is 0.360 e. The highest BCUT2D eigenvalue weighted by Crippen LogP contribution is 2.33. The second-order valence-corrected chi connectivity index (χ2v) is 8.62. The van der Waals surface area contributed by atoms with Gasteiger partial charge in [0, 0.05) is 17.3 Å². The number of halogens is 1. The summed E-state index contributed by atoms with van der Waals surface area (Å²) in [5, 5.41) is 3.89. The van der Waals surface area contributed by atoms with Crippen molar-refractivity contribution in [2.45, 2.75) is 51.4 Å². The molecule has 7 heteroatoms. The Labute approximate surface area is 197 Å². The summed E-state index contributed by atoms with van der Waals surface area (Å²) in [6, 6.07) is 13.0. The Morgan fingerprint density at radius 2 is 1.85 bits per heavy atom. The molecular formula is C26H26ClNO5. The summed E-state index contributed by atoms with van der Waals surface area (Å²) in [6.07, 6.45) is 5.41. The zero-order valence-corrected chi connectivity index (χ0v) is 19.2. The van der Waals surface area contributed by atoms with Crippen LogP contribution in [0.1, 0.15) is 43.7 Å². The highest BCUT2D eigenvalue weighted by atomic mass is 35.5. The Kier molecular flexibility index (Phi) is 7.16. The third kappa shape index (κ3) is 5.64. The number of nitrogens with one attached hydrogen (secondary N) is 1. The van der Waals surface area contributed by atoms with Crippen molar-refractivity contribution in [2.75, 3.05) is 5.32 Å². The molecule has 1 aliphatic rings. The van der Waals surface area contributed by atoms with Crippen molar-refractivity contribution in [1.82, 2.24) is 0 Å². The van der Waals surface area contributed by atoms with Crippen LogP contribution in [0.15, 0.2) is 58.3 Å². The number of carbonyl (C=O) groups excluding carboxylic acids is 1. The van der Waals surface area contributed by atoms with Gasteiger partial charge in [-0.1, -0.05) is 36.4 Å². The summed E-state index contributed by atoms with van der Waals surface area (Å²) in [4.78, 5) is 23.6. The number of carbonyl (C=O) groups is 1. The molecule has 0 bridgehead atoms. The maximum absolute atomic E-state index is 12.3. The molecule has 0 saturated heterocycles. The number of hydrogen-bond donors (Lipinski definition) is 1. The van der Waals surface area contributed by atoms with Crippen molar-refractivity contribution in [3.8, 4) is 5.75 Å². The largest absolute Gasteiger partial charge is 0.490 e. The van der Waals surface area contributed by atoms with Crippen molar-refractivity contribution in [3.63, 3.8) is 0 Å². The third-order valence-electron chi connectivity index (χ3n) is 5.73. The number of amides is 1. The van der Waals surface area contributed by atoms with E-state index in [4.69, 9.17) is 25.5 Å². The van der Waals surface area contributed by atoms with Gasteiger partial charge in [0.1, 0.15) is 17.0 Å². The van der Waals surface area contributed by atoms with Gasteiger partial charge in [-0.3, -0.25) is 4.79 Å². The first kappa shape index (κ1) is 23.1. The fourth-order valence-corrected chi connectivity index (χ4v) is 4.18. The van der Waals surface area contributed by atoms with Crippen LogP contribution in [-0.2, 0) is 16.1 Å². The Hall–Kier alpha value is -3.09. The normalized spacial score (nSPS) is 18.1. The summed E-state index contributed by atoms with van der Waals surface area (Å²) in [6.45, 7) is 5.77. The second kappa shape index (κ2) is 10.2. The van der Waals surface area contributed by atoms with Crippen molar-refractivity contribution < 1.29 is 18.7 Å². The van der Waals surface area contributed by atoms with Gasteiger partial charge in [-0.05, 0) is 61.6 Å². The highest BCUT2D eigenvalue weighted by molar-refractivity contribution is 6.30. The van der Waals surface area contributed by atoms with Crippen LogP contribution in [0.4, 0.5) is 5.69 Å². The molecule has 1 fully saturated rings. The Bertz CT molecular complexity index is 1210. The van der Waals surface area contributed by atoms with Crippen LogP contribution in [0.5, 0.6) is 5.75 Å². The van der Waals surface area contributed by atoms with Crippen LogP contribution < -0.4 is 15.7 Å². The lowest BCUT2D eigenvalue weighted by Gasteiger charge is -2.29. The first-order chi connectivity index (χ1) is 15.9. The second-order valence-electron chi connectivity index (χ2n) is 8.18. The van der Waals surface area contributed by atoms with E-state index in [-0.39, 0.29) is 23.8 Å². The summed E-state index contributed by atoms with van der Waals surface area (Å²) >= 11 is 5.93. The van der Waals surface area contributed by atoms with Crippen molar-refractivity contribution in [3.05, 3.63) is 75.6 Å². The average molecular weight is 468 g/mol. The molecular weight excluding hydrogens is 442 g/mol. The molecule has 33 heavy (non-hydrogen) atoms. The standard InChI is InChI=1S/C26H26ClNO5/c1-3-22-24(13-6-18-14-23(28-16(2)29)26(30)33-25(18)22)32-21-11-9-20(10-12-21)31-15-17-4-7-19(27)8-5-17/h3-8,13-14,20-21H,1,9-12,15H2,2H3,(H,28,29). The lowest BCUT2D eigenvalue weighted by molar-refractivity contribution is -0.114.